The first kappa shape index (κ1) is 55.0. The van der Waals surface area contributed by atoms with Gasteiger partial charge in [-0.1, -0.05) is 78.4 Å². The molecule has 6 aliphatic carbocycles. The number of carbonyl (C=O) groups is 4. The summed E-state index contributed by atoms with van der Waals surface area (Å²) in [7, 11) is 2.54. The van der Waals surface area contributed by atoms with Crippen LogP contribution in [-0.2, 0) is 44.7 Å². The number of aromatic nitrogens is 4. The van der Waals surface area contributed by atoms with Crippen LogP contribution in [0.2, 0.25) is 0 Å². The number of alkyl carbamates (subject to hydrolysis) is 2. The van der Waals surface area contributed by atoms with Gasteiger partial charge in [-0.15, -0.1) is 0 Å². The topological polar surface area (TPSA) is 175 Å². The third kappa shape index (κ3) is 10.2. The summed E-state index contributed by atoms with van der Waals surface area (Å²) in [5.74, 6) is -1.50. The highest BCUT2D eigenvalue weighted by Crippen LogP contribution is 2.49. The molecule has 6 aromatic rings. The number of hydrogen-bond donors (Lipinski definition) is 4. The molecule has 0 radical (unpaired) electrons. The fraction of sp³-hybridized carbons (Fsp3) is 0.516. The van der Waals surface area contributed by atoms with E-state index in [0.29, 0.717) is 81.7 Å². The van der Waals surface area contributed by atoms with E-state index in [2.05, 4.69) is 20.6 Å². The number of halogens is 4. The van der Waals surface area contributed by atoms with E-state index >= 15 is 17.6 Å². The third-order valence-electron chi connectivity index (χ3n) is 18.8. The number of hydrogen-bond acceptors (Lipinski definition) is 8. The molecule has 4 amide bonds. The van der Waals surface area contributed by atoms with Gasteiger partial charge < -0.3 is 39.9 Å². The number of likely N-dealkylation sites (tertiary alicyclic amines) is 2. The number of benzene rings is 4. The lowest BCUT2D eigenvalue weighted by Crippen LogP contribution is -2.54. The second-order valence-corrected chi connectivity index (χ2v) is 23.4. The number of carbonyl (C=O) groups excluding carboxylic acids is 4. The van der Waals surface area contributed by atoms with Gasteiger partial charge in [0.1, 0.15) is 47.0 Å². The van der Waals surface area contributed by atoms with Gasteiger partial charge >= 0.3 is 12.2 Å². The van der Waals surface area contributed by atoms with Crippen molar-refractivity contribution >= 4 is 46.1 Å². The van der Waals surface area contributed by atoms with Crippen LogP contribution in [0.4, 0.5) is 27.2 Å². The molecule has 4 bridgehead atoms. The Labute approximate surface area is 463 Å². The van der Waals surface area contributed by atoms with Crippen molar-refractivity contribution in [3.63, 3.8) is 0 Å². The Balaban J connectivity index is 0.895. The minimum absolute atomic E-state index is 0.0496. The van der Waals surface area contributed by atoms with Crippen LogP contribution in [0.3, 0.4) is 0 Å². The zero-order chi connectivity index (χ0) is 56.3. The normalized spacial score (nSPS) is 23.2. The molecule has 2 saturated carbocycles. The maximum Gasteiger partial charge on any atom is 0.407 e. The molecule has 2 aromatic heterocycles. The van der Waals surface area contributed by atoms with E-state index in [0.717, 1.165) is 51.4 Å². The monoisotopic (exact) mass is 1100 g/mol. The summed E-state index contributed by atoms with van der Waals surface area (Å²) in [5, 5.41) is 5.59. The molecule has 2 saturated heterocycles. The first-order valence-corrected chi connectivity index (χ1v) is 28.9. The van der Waals surface area contributed by atoms with Crippen molar-refractivity contribution in [2.75, 3.05) is 14.2 Å². The van der Waals surface area contributed by atoms with Gasteiger partial charge in [-0.25, -0.2) is 37.1 Å². The van der Waals surface area contributed by atoms with Gasteiger partial charge in [0.2, 0.25) is 11.8 Å². The number of amides is 4. The predicted molar refractivity (Wildman–Crippen MR) is 295 cm³/mol. The van der Waals surface area contributed by atoms with Crippen LogP contribution in [0, 0.1) is 46.9 Å². The van der Waals surface area contributed by atoms with Gasteiger partial charge in [0.05, 0.1) is 48.4 Å². The summed E-state index contributed by atoms with van der Waals surface area (Å²) in [6, 6.07) is 9.69. The van der Waals surface area contributed by atoms with Gasteiger partial charge in [0, 0.05) is 35.3 Å². The van der Waals surface area contributed by atoms with Crippen molar-refractivity contribution in [1.82, 2.24) is 40.4 Å². The van der Waals surface area contributed by atoms with Gasteiger partial charge in [0.15, 0.2) is 0 Å². The average molecular weight is 1100 g/mol. The first-order valence-electron chi connectivity index (χ1n) is 28.9. The van der Waals surface area contributed by atoms with Crippen molar-refractivity contribution in [1.29, 1.82) is 0 Å². The van der Waals surface area contributed by atoms with Crippen LogP contribution >= 0.6 is 0 Å². The quantitative estimate of drug-likeness (QED) is 0.0876. The van der Waals surface area contributed by atoms with Crippen molar-refractivity contribution < 1.29 is 46.2 Å². The van der Waals surface area contributed by atoms with E-state index in [1.807, 2.05) is 37.5 Å². The number of aromatic amines is 2. The molecule has 0 spiro atoms. The molecule has 4 heterocycles. The predicted octanol–water partition coefficient (Wildman–Crippen LogP) is 12.4. The van der Waals surface area contributed by atoms with Crippen molar-refractivity contribution in [2.24, 2.45) is 23.7 Å². The number of methoxy groups -OCH3 is 2. The van der Waals surface area contributed by atoms with Crippen LogP contribution < -0.4 is 10.6 Å². The second-order valence-electron chi connectivity index (χ2n) is 23.4. The SMILES string of the molecule is CC[C@H](C)[C@H](NC(=O)OC)C(=O)N1[C@H](c2nc3cc(-c4cc5cc(F)c4CCc4cc(F)c(c(-c6cc7nc([C@@H]8C[C@@H]9CCCC[C@@H]9N8C(=O)[C@@H](NC(=O)OC)[C@@H](C)CC)[nH]c7cc6F)c4)CC5)c(F)cc3[nH]2)C[C@@H]2CCCC[C@@H]21. The Kier molecular flexibility index (Phi) is 15.5. The molecule has 80 heavy (non-hydrogen) atoms. The number of fused-ring (bicyclic) bond motifs is 4. The molecule has 4 aromatic carbocycles. The molecule has 0 unspecified atom stereocenters. The summed E-state index contributed by atoms with van der Waals surface area (Å²) in [4.78, 5) is 74.9. The average Bonchev–Trinajstić information content (AvgIpc) is 4.34. The van der Waals surface area contributed by atoms with Gasteiger partial charge in [-0.3, -0.25) is 9.59 Å². The summed E-state index contributed by atoms with van der Waals surface area (Å²) >= 11 is 0. The fourth-order valence-electron chi connectivity index (χ4n) is 14.1. The Bertz CT molecular complexity index is 3160. The minimum Gasteiger partial charge on any atom is -0.453 e. The number of nitrogens with one attached hydrogen (secondary N) is 4. The van der Waals surface area contributed by atoms with E-state index < -0.39 is 59.6 Å². The maximum absolute atomic E-state index is 16.7. The van der Waals surface area contributed by atoms with Crippen molar-refractivity contribution in [3.05, 3.63) is 106 Å². The molecule has 4 N–H and O–H groups in total. The van der Waals surface area contributed by atoms with E-state index in [9.17, 15) is 19.2 Å². The molecular formula is C62H72F4N8O6. The molecule has 10 atom stereocenters. The fourth-order valence-corrected chi connectivity index (χ4v) is 14.1. The van der Waals surface area contributed by atoms with Gasteiger partial charge in [0.25, 0.3) is 0 Å². The maximum atomic E-state index is 16.7. The number of rotatable bonds is 12. The summed E-state index contributed by atoms with van der Waals surface area (Å²) in [6.07, 6.45) is 9.26. The number of ether oxygens (including phenoxy) is 2. The highest BCUT2D eigenvalue weighted by Gasteiger charge is 2.50. The number of aryl methyl sites for hydroxylation is 2. The molecule has 424 valence electrons. The molecule has 14 nitrogen and oxygen atoms in total. The zero-order valence-corrected chi connectivity index (χ0v) is 46.5. The Hall–Kier alpha value is -6.98. The van der Waals surface area contributed by atoms with Crippen molar-refractivity contribution in [3.8, 4) is 22.3 Å². The van der Waals surface area contributed by atoms with Crippen LogP contribution in [0.15, 0.2) is 48.5 Å². The Morgan fingerprint density at radius 3 is 1.35 bits per heavy atom. The summed E-state index contributed by atoms with van der Waals surface area (Å²) in [5.41, 5.74) is 4.25. The highest BCUT2D eigenvalue weighted by atomic mass is 19.1. The van der Waals surface area contributed by atoms with Gasteiger partial charge in [-0.2, -0.15) is 0 Å². The van der Waals surface area contributed by atoms with Crippen LogP contribution in [0.25, 0.3) is 44.3 Å². The largest absolute Gasteiger partial charge is 0.453 e. The molecular weight excluding hydrogens is 1030 g/mol. The molecule has 18 heteroatoms. The van der Waals surface area contributed by atoms with E-state index in [-0.39, 0.29) is 95.5 Å². The molecule has 2 aliphatic heterocycles. The van der Waals surface area contributed by atoms with E-state index in [4.69, 9.17) is 19.4 Å². The van der Waals surface area contributed by atoms with E-state index in [1.165, 1.54) is 38.5 Å². The smallest absolute Gasteiger partial charge is 0.407 e. The van der Waals surface area contributed by atoms with Crippen LogP contribution in [0.5, 0.6) is 0 Å². The lowest BCUT2D eigenvalue weighted by Gasteiger charge is -2.37. The summed E-state index contributed by atoms with van der Waals surface area (Å²) < 4.78 is 76.5. The Morgan fingerprint density at radius 1 is 0.562 bits per heavy atom. The minimum atomic E-state index is -0.820. The molecule has 8 aliphatic rings. The Morgan fingerprint density at radius 2 is 0.963 bits per heavy atom. The number of imidazole rings is 2. The molecule has 14 rings (SSSR count). The van der Waals surface area contributed by atoms with E-state index in [1.54, 1.807) is 24.3 Å². The van der Waals surface area contributed by atoms with Crippen molar-refractivity contribution in [2.45, 2.75) is 167 Å². The third-order valence-corrected chi connectivity index (χ3v) is 18.8. The lowest BCUT2D eigenvalue weighted by molar-refractivity contribution is -0.139. The molecule has 4 fully saturated rings. The zero-order valence-electron chi connectivity index (χ0n) is 46.5. The second kappa shape index (κ2) is 22.5. The standard InChI is InChI=1S/C62H72F4N8O6/c1-7-31(3)55(71-61(77)79-5)59(75)73-51-15-11-9-13-35(51)25-53(73)57-67-47-27-41(45(65)29-49(47)69-57)39-21-33-18-20-38-40(22-34(24-44(38)64)17-19-37(39)43(63)23-33)42-28-48-50(30-46(42)66)70-58(68-48)54-26-36-14-10-12-16-52(36)74(54)60(76)56(32(4)8-2)72-62(78)80-6/h21-24,27-32,35-36,51-56H,7-20,25-26H2,1-6H3,(H,67,69)(H,68,70)(H,71,77)(H,72,78)/t31-,32-,35-,36-,51-,52-,53-,54-,55-,56-/m0/s1. The van der Waals surface area contributed by atoms with Crippen LogP contribution in [0.1, 0.15) is 151 Å². The highest BCUT2D eigenvalue weighted by molar-refractivity contribution is 5.89. The number of nitrogens with zero attached hydrogens (tertiary/aromatic N) is 4. The summed E-state index contributed by atoms with van der Waals surface area (Å²) in [6.45, 7) is 7.79. The number of H-pyrrole nitrogens is 2. The van der Waals surface area contributed by atoms with Crippen LogP contribution in [-0.4, -0.2) is 92.1 Å². The lowest BCUT2D eigenvalue weighted by atomic mass is 9.84. The first-order chi connectivity index (χ1) is 38.6. The van der Waals surface area contributed by atoms with Gasteiger partial charge in [-0.05, 0) is 146 Å².